The van der Waals surface area contributed by atoms with Crippen molar-refractivity contribution in [1.82, 2.24) is 4.90 Å². The van der Waals surface area contributed by atoms with Gasteiger partial charge < -0.3 is 0 Å². The Bertz CT molecular complexity index is 439. The van der Waals surface area contributed by atoms with Crippen molar-refractivity contribution in [3.05, 3.63) is 11.6 Å². The monoisotopic (exact) mass is 377 g/mol. The number of hydrogen-bond acceptors (Lipinski definition) is 2. The van der Waals surface area contributed by atoms with E-state index in [1.54, 1.807) is 4.90 Å². The first-order valence-corrected chi connectivity index (χ1v) is 11.6. The lowest BCUT2D eigenvalue weighted by molar-refractivity contribution is -0.140. The summed E-state index contributed by atoms with van der Waals surface area (Å²) in [5.74, 6) is 0.0617. The van der Waals surface area contributed by atoms with Crippen LogP contribution in [-0.4, -0.2) is 22.8 Å². The third-order valence-electron chi connectivity index (χ3n) is 5.78. The average molecular weight is 378 g/mol. The lowest BCUT2D eigenvalue weighted by atomic mass is 9.97. The van der Waals surface area contributed by atoms with Crippen LogP contribution in [0.25, 0.3) is 0 Å². The largest absolute Gasteiger partial charge is 0.275 e. The molecule has 1 rings (SSSR count). The second-order valence-corrected chi connectivity index (χ2v) is 8.23. The smallest absolute Gasteiger partial charge is 0.230 e. The van der Waals surface area contributed by atoms with E-state index in [4.69, 9.17) is 0 Å². The summed E-state index contributed by atoms with van der Waals surface area (Å²) >= 11 is 0. The van der Waals surface area contributed by atoms with Crippen LogP contribution in [0.15, 0.2) is 11.6 Å². The van der Waals surface area contributed by atoms with Crippen molar-refractivity contribution in [2.24, 2.45) is 0 Å². The molecule has 0 radical (unpaired) electrons. The Kier molecular flexibility index (Phi) is 13.2. The third-order valence-corrected chi connectivity index (χ3v) is 5.78. The number of imide groups is 1. The summed E-state index contributed by atoms with van der Waals surface area (Å²) in [6, 6.07) is -0.00114. The molecule has 0 bridgehead atoms. The van der Waals surface area contributed by atoms with Gasteiger partial charge in [0.15, 0.2) is 0 Å². The minimum absolute atomic E-state index is 0.00114. The van der Waals surface area contributed by atoms with E-state index >= 15 is 0 Å². The summed E-state index contributed by atoms with van der Waals surface area (Å²) in [6.45, 7) is 6.60. The van der Waals surface area contributed by atoms with Crippen LogP contribution < -0.4 is 0 Å². The van der Waals surface area contributed by atoms with Gasteiger partial charge in [0.05, 0.1) is 6.04 Å². The number of unbranched alkanes of at least 4 members (excludes halogenated alkanes) is 11. The van der Waals surface area contributed by atoms with Gasteiger partial charge in [0.1, 0.15) is 0 Å². The number of carbonyl (C=O) groups excluding carboxylic acids is 2. The highest BCUT2D eigenvalue weighted by molar-refractivity contribution is 6.02. The van der Waals surface area contributed by atoms with E-state index in [1.165, 1.54) is 76.2 Å². The van der Waals surface area contributed by atoms with E-state index in [9.17, 15) is 9.59 Å². The van der Waals surface area contributed by atoms with E-state index in [1.807, 2.05) is 0 Å². The minimum atomic E-state index is -0.00114. The second-order valence-electron chi connectivity index (χ2n) is 8.23. The van der Waals surface area contributed by atoms with Crippen molar-refractivity contribution in [2.75, 3.05) is 0 Å². The number of nitrogens with zero attached hydrogens (tertiary/aromatic N) is 1. The Balaban J connectivity index is 2.49. The molecule has 3 heteroatoms. The fourth-order valence-corrected chi connectivity index (χ4v) is 4.01. The molecule has 0 N–H and O–H groups in total. The van der Waals surface area contributed by atoms with Gasteiger partial charge in [-0.1, -0.05) is 96.1 Å². The highest BCUT2D eigenvalue weighted by atomic mass is 16.2. The van der Waals surface area contributed by atoms with E-state index in [0.717, 1.165) is 19.3 Å². The standard InChI is InChI=1S/C24H43NO2/c1-4-6-8-10-12-13-15-17-21(3)22(18-16-14-11-9-7-5-2)25-23(26)19-20-24(25)27/h17,22H,4-16,18-20H2,1-3H3/b21-17+. The van der Waals surface area contributed by atoms with Gasteiger partial charge in [-0.15, -0.1) is 0 Å². The molecule has 1 saturated heterocycles. The number of likely N-dealkylation sites (tertiary alicyclic amines) is 1. The van der Waals surface area contributed by atoms with Crippen LogP contribution >= 0.6 is 0 Å². The van der Waals surface area contributed by atoms with Crippen LogP contribution in [0.5, 0.6) is 0 Å². The number of amides is 2. The molecule has 1 aliphatic rings. The maximum absolute atomic E-state index is 12.3. The molecule has 1 aliphatic heterocycles. The second kappa shape index (κ2) is 14.9. The first kappa shape index (κ1) is 23.9. The number of carbonyl (C=O) groups is 2. The zero-order valence-electron chi connectivity index (χ0n) is 18.2. The molecule has 0 saturated carbocycles. The first-order valence-electron chi connectivity index (χ1n) is 11.6. The van der Waals surface area contributed by atoms with Crippen LogP contribution in [-0.2, 0) is 9.59 Å². The molecule has 3 nitrogen and oxygen atoms in total. The summed E-state index contributed by atoms with van der Waals surface area (Å²) in [5, 5.41) is 0. The van der Waals surface area contributed by atoms with Crippen LogP contribution in [0.2, 0.25) is 0 Å². The molecule has 0 aliphatic carbocycles. The molecule has 1 unspecified atom stereocenters. The summed E-state index contributed by atoms with van der Waals surface area (Å²) in [5.41, 5.74) is 1.22. The van der Waals surface area contributed by atoms with E-state index < -0.39 is 0 Å². The van der Waals surface area contributed by atoms with Gasteiger partial charge in [-0.2, -0.15) is 0 Å². The zero-order valence-corrected chi connectivity index (χ0v) is 18.2. The Hall–Kier alpha value is -1.12. The molecule has 0 aromatic carbocycles. The molecule has 1 fully saturated rings. The van der Waals surface area contributed by atoms with Crippen molar-refractivity contribution >= 4 is 11.8 Å². The Morgan fingerprint density at radius 2 is 1.30 bits per heavy atom. The summed E-state index contributed by atoms with van der Waals surface area (Å²) in [7, 11) is 0. The quantitative estimate of drug-likeness (QED) is 0.166. The Labute approximate surface area is 168 Å². The number of allylic oxidation sites excluding steroid dienone is 1. The fourth-order valence-electron chi connectivity index (χ4n) is 4.01. The molecule has 0 aromatic rings. The highest BCUT2D eigenvalue weighted by Crippen LogP contribution is 2.25. The van der Waals surface area contributed by atoms with Crippen molar-refractivity contribution in [2.45, 2.75) is 130 Å². The van der Waals surface area contributed by atoms with Crippen LogP contribution in [0, 0.1) is 0 Å². The average Bonchev–Trinajstić information content (AvgIpc) is 2.99. The lowest BCUT2D eigenvalue weighted by Gasteiger charge is -2.27. The van der Waals surface area contributed by atoms with E-state index in [-0.39, 0.29) is 17.9 Å². The first-order chi connectivity index (χ1) is 13.1. The SMILES string of the molecule is CCCCCCCC/C=C(\C)C(CCCCCCCC)N1C(=O)CCC1=O. The molecule has 27 heavy (non-hydrogen) atoms. The maximum Gasteiger partial charge on any atom is 0.230 e. The van der Waals surface area contributed by atoms with Gasteiger partial charge in [-0.05, 0) is 26.2 Å². The number of rotatable bonds is 16. The van der Waals surface area contributed by atoms with Gasteiger partial charge in [-0.3, -0.25) is 14.5 Å². The Morgan fingerprint density at radius 1 is 0.815 bits per heavy atom. The molecule has 0 aromatic heterocycles. The van der Waals surface area contributed by atoms with Gasteiger partial charge >= 0.3 is 0 Å². The zero-order chi connectivity index (χ0) is 19.9. The van der Waals surface area contributed by atoms with E-state index in [0.29, 0.717) is 12.8 Å². The molecular formula is C24H43NO2. The summed E-state index contributed by atoms with van der Waals surface area (Å²) in [4.78, 5) is 26.1. The van der Waals surface area contributed by atoms with Crippen LogP contribution in [0.4, 0.5) is 0 Å². The molecular weight excluding hydrogens is 334 g/mol. The number of hydrogen-bond donors (Lipinski definition) is 0. The van der Waals surface area contributed by atoms with Crippen LogP contribution in [0.3, 0.4) is 0 Å². The molecule has 0 spiro atoms. The molecule has 1 heterocycles. The normalized spacial score (nSPS) is 16.4. The molecule has 156 valence electrons. The lowest BCUT2D eigenvalue weighted by Crippen LogP contribution is -2.40. The van der Waals surface area contributed by atoms with Crippen molar-refractivity contribution in [3.63, 3.8) is 0 Å². The van der Waals surface area contributed by atoms with Gasteiger partial charge in [0.2, 0.25) is 11.8 Å². The van der Waals surface area contributed by atoms with Gasteiger partial charge in [0.25, 0.3) is 0 Å². The minimum Gasteiger partial charge on any atom is -0.275 e. The Morgan fingerprint density at radius 3 is 1.85 bits per heavy atom. The van der Waals surface area contributed by atoms with Crippen molar-refractivity contribution in [3.8, 4) is 0 Å². The highest BCUT2D eigenvalue weighted by Gasteiger charge is 2.35. The predicted octanol–water partition coefficient (Wildman–Crippen LogP) is 6.95. The third kappa shape index (κ3) is 9.58. The summed E-state index contributed by atoms with van der Waals surface area (Å²) < 4.78 is 0. The summed E-state index contributed by atoms with van der Waals surface area (Å²) in [6.07, 6.45) is 20.3. The van der Waals surface area contributed by atoms with Crippen molar-refractivity contribution < 1.29 is 9.59 Å². The van der Waals surface area contributed by atoms with E-state index in [2.05, 4.69) is 26.8 Å². The van der Waals surface area contributed by atoms with Crippen molar-refractivity contribution in [1.29, 1.82) is 0 Å². The van der Waals surface area contributed by atoms with Gasteiger partial charge in [0, 0.05) is 12.8 Å². The maximum atomic E-state index is 12.3. The molecule has 1 atom stereocenters. The van der Waals surface area contributed by atoms with Gasteiger partial charge in [-0.25, -0.2) is 0 Å². The predicted molar refractivity (Wildman–Crippen MR) is 115 cm³/mol. The van der Waals surface area contributed by atoms with Crippen LogP contribution in [0.1, 0.15) is 124 Å². The molecule has 2 amide bonds. The topological polar surface area (TPSA) is 37.4 Å². The fraction of sp³-hybridized carbons (Fsp3) is 0.833.